The first-order valence-electron chi connectivity index (χ1n) is 19.2. The Hall–Kier alpha value is -7.16. The molecule has 2 nitrogen and oxygen atoms in total. The molecular formula is C54H44N2. The maximum atomic E-state index is 4.45. The summed E-state index contributed by atoms with van der Waals surface area (Å²) in [6.07, 6.45) is 6.20. The fourth-order valence-electron chi connectivity index (χ4n) is 7.07. The van der Waals surface area contributed by atoms with Gasteiger partial charge in [-0.3, -0.25) is 0 Å². The molecule has 0 radical (unpaired) electrons. The highest BCUT2D eigenvalue weighted by Gasteiger charge is 2.13. The van der Waals surface area contributed by atoms with Gasteiger partial charge in [-0.05, 0) is 125 Å². The fraction of sp³-hybridized carbons (Fsp3) is 0.0370. The summed E-state index contributed by atoms with van der Waals surface area (Å²) in [5, 5.41) is 0. The lowest BCUT2D eigenvalue weighted by molar-refractivity contribution is 1.02. The van der Waals surface area contributed by atoms with Crippen molar-refractivity contribution in [3.63, 3.8) is 0 Å². The number of benzene rings is 8. The van der Waals surface area contributed by atoms with Crippen LogP contribution in [0.15, 0.2) is 225 Å². The number of anilines is 6. The topological polar surface area (TPSA) is 6.48 Å². The summed E-state index contributed by atoms with van der Waals surface area (Å²) in [6.45, 7) is 4.45. The second kappa shape index (κ2) is 17.3. The third kappa shape index (κ3) is 8.62. The van der Waals surface area contributed by atoms with Crippen LogP contribution in [0.5, 0.6) is 0 Å². The Morgan fingerprint density at radius 2 is 0.679 bits per heavy atom. The average Bonchev–Trinajstić information content (AvgIpc) is 3.28. The predicted octanol–water partition coefficient (Wildman–Crippen LogP) is 15.1. The van der Waals surface area contributed by atoms with Gasteiger partial charge in [-0.25, -0.2) is 0 Å². The Labute approximate surface area is 331 Å². The van der Waals surface area contributed by atoms with Crippen molar-refractivity contribution in [2.24, 2.45) is 0 Å². The molecule has 0 amide bonds. The number of aryl methyl sites for hydroxylation is 1. The van der Waals surface area contributed by atoms with Crippen molar-refractivity contribution >= 4 is 51.8 Å². The highest BCUT2D eigenvalue weighted by molar-refractivity contribution is 5.80. The molecule has 0 atom stereocenters. The van der Waals surface area contributed by atoms with E-state index in [1.54, 1.807) is 0 Å². The summed E-state index contributed by atoms with van der Waals surface area (Å²) >= 11 is 0. The van der Waals surface area contributed by atoms with E-state index >= 15 is 0 Å². The average molecular weight is 721 g/mol. The van der Waals surface area contributed by atoms with Crippen molar-refractivity contribution in [3.8, 4) is 11.1 Å². The van der Waals surface area contributed by atoms with Crippen LogP contribution in [0.1, 0.15) is 28.7 Å². The molecule has 0 bridgehead atoms. The Morgan fingerprint density at radius 3 is 1.07 bits per heavy atom. The van der Waals surface area contributed by atoms with Gasteiger partial charge in [0.15, 0.2) is 0 Å². The first kappa shape index (κ1) is 35.8. The van der Waals surface area contributed by atoms with Gasteiger partial charge in [0.1, 0.15) is 0 Å². The number of nitrogens with zero attached hydrogens (tertiary/aromatic N) is 2. The van der Waals surface area contributed by atoms with Crippen LogP contribution in [0.3, 0.4) is 0 Å². The smallest absolute Gasteiger partial charge is 0.0462 e. The van der Waals surface area contributed by atoms with Gasteiger partial charge in [-0.2, -0.15) is 0 Å². The second-order valence-corrected chi connectivity index (χ2v) is 13.9. The molecule has 0 aliphatic heterocycles. The van der Waals surface area contributed by atoms with Crippen LogP contribution in [0.25, 0.3) is 28.9 Å². The van der Waals surface area contributed by atoms with E-state index in [2.05, 4.69) is 247 Å². The summed E-state index contributed by atoms with van der Waals surface area (Å²) < 4.78 is 0. The molecule has 0 unspecified atom stereocenters. The molecule has 0 aliphatic carbocycles. The SMILES string of the molecule is C=C(CCc1ccc(-c2ccc(/C=C/c3ccc(N(c4ccccc4)c4ccccc4)cc3)cc2)cc1)c1ccc(N(c2ccccc2)c2ccccc2)cc1. The predicted molar refractivity (Wildman–Crippen MR) is 240 cm³/mol. The third-order valence-corrected chi connectivity index (χ3v) is 10.1. The summed E-state index contributed by atoms with van der Waals surface area (Å²) in [7, 11) is 0. The molecule has 0 heterocycles. The number of rotatable bonds is 13. The minimum atomic E-state index is 0.905. The first-order chi connectivity index (χ1) is 27.7. The van der Waals surface area contributed by atoms with Crippen LogP contribution in [0.2, 0.25) is 0 Å². The van der Waals surface area contributed by atoms with Crippen molar-refractivity contribution in [2.45, 2.75) is 12.8 Å². The number of hydrogen-bond donors (Lipinski definition) is 0. The van der Waals surface area contributed by atoms with Gasteiger partial charge in [0.05, 0.1) is 0 Å². The lowest BCUT2D eigenvalue weighted by Gasteiger charge is -2.25. The van der Waals surface area contributed by atoms with Crippen LogP contribution >= 0.6 is 0 Å². The number of hydrogen-bond acceptors (Lipinski definition) is 2. The van der Waals surface area contributed by atoms with E-state index in [1.807, 2.05) is 0 Å². The van der Waals surface area contributed by atoms with Crippen LogP contribution in [-0.2, 0) is 6.42 Å². The van der Waals surface area contributed by atoms with E-state index in [0.29, 0.717) is 0 Å². The van der Waals surface area contributed by atoms with E-state index in [0.717, 1.165) is 58.1 Å². The molecule has 8 aromatic rings. The first-order valence-corrected chi connectivity index (χ1v) is 19.2. The molecular weight excluding hydrogens is 677 g/mol. The zero-order chi connectivity index (χ0) is 37.9. The standard InChI is InChI=1S/C54H44N2/c1-42(46-36-40-54(41-37-46)56(51-18-10-4-11-19-51)52-20-12-5-13-21-52)22-23-43-26-32-47(33-27-43)48-34-28-44(29-35-48)24-25-45-30-38-53(39-31-45)55(49-14-6-2-7-15-49)50-16-8-3-9-17-50/h2-21,24-41H,1,22-23H2/b25-24+. The summed E-state index contributed by atoms with van der Waals surface area (Å²) in [4.78, 5) is 4.56. The normalized spacial score (nSPS) is 11.0. The maximum Gasteiger partial charge on any atom is 0.0462 e. The van der Waals surface area contributed by atoms with E-state index in [1.165, 1.54) is 27.8 Å². The largest absolute Gasteiger partial charge is 0.311 e. The molecule has 8 aromatic carbocycles. The van der Waals surface area contributed by atoms with Gasteiger partial charge in [0.25, 0.3) is 0 Å². The molecule has 0 spiro atoms. The zero-order valence-electron chi connectivity index (χ0n) is 31.5. The monoisotopic (exact) mass is 720 g/mol. The van der Waals surface area contributed by atoms with Crippen LogP contribution in [0.4, 0.5) is 34.1 Å². The van der Waals surface area contributed by atoms with Gasteiger partial charge in [-0.1, -0.05) is 164 Å². The van der Waals surface area contributed by atoms with Crippen LogP contribution in [-0.4, -0.2) is 0 Å². The number of allylic oxidation sites excluding steroid dienone is 1. The Balaban J connectivity index is 0.868. The van der Waals surface area contributed by atoms with Crippen LogP contribution in [0, 0.1) is 0 Å². The van der Waals surface area contributed by atoms with Gasteiger partial charge in [0, 0.05) is 34.1 Å². The third-order valence-electron chi connectivity index (χ3n) is 10.1. The van der Waals surface area contributed by atoms with Crippen LogP contribution < -0.4 is 9.80 Å². The Kier molecular flexibility index (Phi) is 11.1. The second-order valence-electron chi connectivity index (χ2n) is 13.9. The molecule has 0 aromatic heterocycles. The van der Waals surface area contributed by atoms with Crippen molar-refractivity contribution in [1.82, 2.24) is 0 Å². The van der Waals surface area contributed by atoms with Crippen molar-refractivity contribution in [2.75, 3.05) is 9.80 Å². The van der Waals surface area contributed by atoms with Crippen molar-refractivity contribution < 1.29 is 0 Å². The Bertz CT molecular complexity index is 2390. The Morgan fingerprint density at radius 1 is 0.357 bits per heavy atom. The zero-order valence-corrected chi connectivity index (χ0v) is 31.5. The summed E-state index contributed by atoms with van der Waals surface area (Å²) in [5.41, 5.74) is 15.2. The summed E-state index contributed by atoms with van der Waals surface area (Å²) in [5.74, 6) is 0. The van der Waals surface area contributed by atoms with Gasteiger partial charge >= 0.3 is 0 Å². The van der Waals surface area contributed by atoms with E-state index in [-0.39, 0.29) is 0 Å². The fourth-order valence-corrected chi connectivity index (χ4v) is 7.07. The summed E-state index contributed by atoms with van der Waals surface area (Å²) in [6, 6.07) is 77.3. The molecule has 0 saturated heterocycles. The molecule has 0 N–H and O–H groups in total. The molecule has 0 saturated carbocycles. The van der Waals surface area contributed by atoms with Crippen molar-refractivity contribution in [3.05, 3.63) is 247 Å². The van der Waals surface area contributed by atoms with E-state index in [9.17, 15) is 0 Å². The van der Waals surface area contributed by atoms with Gasteiger partial charge < -0.3 is 9.80 Å². The molecule has 270 valence electrons. The van der Waals surface area contributed by atoms with Crippen molar-refractivity contribution in [1.29, 1.82) is 0 Å². The van der Waals surface area contributed by atoms with E-state index in [4.69, 9.17) is 0 Å². The molecule has 8 rings (SSSR count). The van der Waals surface area contributed by atoms with Gasteiger partial charge in [0.2, 0.25) is 0 Å². The van der Waals surface area contributed by atoms with Gasteiger partial charge in [-0.15, -0.1) is 0 Å². The maximum absolute atomic E-state index is 4.45. The quantitative estimate of drug-likeness (QED) is 0.109. The minimum Gasteiger partial charge on any atom is -0.311 e. The highest BCUT2D eigenvalue weighted by atomic mass is 15.1. The molecule has 0 aliphatic rings. The highest BCUT2D eigenvalue weighted by Crippen LogP contribution is 2.36. The molecule has 2 heteroatoms. The molecule has 56 heavy (non-hydrogen) atoms. The lowest BCUT2D eigenvalue weighted by atomic mass is 9.97. The minimum absolute atomic E-state index is 0.905. The molecule has 0 fully saturated rings. The van der Waals surface area contributed by atoms with E-state index < -0.39 is 0 Å². The number of para-hydroxylation sites is 4. The lowest BCUT2D eigenvalue weighted by Crippen LogP contribution is -2.09.